The van der Waals surface area contributed by atoms with Gasteiger partial charge in [0.05, 0.1) is 26.4 Å². The van der Waals surface area contributed by atoms with E-state index in [0.29, 0.717) is 26.4 Å². The molecule has 0 aliphatic rings. The molecule has 44 heavy (non-hydrogen) atoms. The number of rotatable bonds is 8. The maximum absolute atomic E-state index is 6.23. The van der Waals surface area contributed by atoms with Crippen molar-refractivity contribution in [2.24, 2.45) is 0 Å². The number of ether oxygens (including phenoxy) is 2. The Kier molecular flexibility index (Phi) is 5.97. The third kappa shape index (κ3) is 4.18. The van der Waals surface area contributed by atoms with Gasteiger partial charge in [-0.05, 0) is 86.9 Å². The van der Waals surface area contributed by atoms with Crippen molar-refractivity contribution in [3.8, 4) is 0 Å². The van der Waals surface area contributed by atoms with Crippen LogP contribution in [0.2, 0.25) is 0 Å². The Morgan fingerprint density at radius 3 is 1.05 bits per heavy atom. The Bertz CT molecular complexity index is 2230. The number of hydrogen-bond acceptors (Lipinski definition) is 2. The zero-order chi connectivity index (χ0) is 29.0. The summed E-state index contributed by atoms with van der Waals surface area (Å²) in [6.45, 7) is 2.31. The van der Waals surface area contributed by atoms with Gasteiger partial charge in [0.15, 0.2) is 0 Å². The van der Waals surface area contributed by atoms with E-state index >= 15 is 0 Å². The fraction of sp³-hybridized carbons (Fsp3) is 0.0952. The maximum Gasteiger partial charge on any atom is 0.0727 e. The van der Waals surface area contributed by atoms with Gasteiger partial charge in [0, 0.05) is 0 Å². The van der Waals surface area contributed by atoms with Crippen molar-refractivity contribution >= 4 is 64.6 Å². The highest BCUT2D eigenvalue weighted by atomic mass is 16.5. The number of hydrogen-bond donors (Lipinski definition) is 0. The van der Waals surface area contributed by atoms with Crippen molar-refractivity contribution in [2.45, 2.75) is 26.4 Å². The predicted molar refractivity (Wildman–Crippen MR) is 184 cm³/mol. The van der Waals surface area contributed by atoms with E-state index in [1.165, 1.54) is 86.9 Å². The Hall–Kier alpha value is -5.02. The lowest BCUT2D eigenvalue weighted by Gasteiger charge is -2.14. The molecule has 0 spiro atoms. The van der Waals surface area contributed by atoms with Crippen LogP contribution in [0.25, 0.3) is 64.6 Å². The minimum absolute atomic E-state index is 0.575. The lowest BCUT2D eigenvalue weighted by molar-refractivity contribution is 0.106. The Morgan fingerprint density at radius 1 is 0.295 bits per heavy atom. The first-order chi connectivity index (χ1) is 21.8. The second kappa shape index (κ2) is 10.3. The summed E-state index contributed by atoms with van der Waals surface area (Å²) in [5.74, 6) is 0. The summed E-state index contributed by atoms with van der Waals surface area (Å²) in [5, 5.41) is 15.7. The zero-order valence-corrected chi connectivity index (χ0v) is 24.3. The first-order valence-electron chi connectivity index (χ1n) is 15.3. The normalized spacial score (nSPS) is 12.2. The van der Waals surface area contributed by atoms with E-state index < -0.39 is 0 Å². The van der Waals surface area contributed by atoms with E-state index in [1.807, 2.05) is 0 Å². The molecule has 0 fully saturated rings. The quantitative estimate of drug-likeness (QED) is 0.170. The van der Waals surface area contributed by atoms with Crippen LogP contribution < -0.4 is 0 Å². The molecule has 0 aromatic heterocycles. The van der Waals surface area contributed by atoms with Crippen LogP contribution in [0.4, 0.5) is 0 Å². The average Bonchev–Trinajstić information content (AvgIpc) is 3.08. The second-order valence-electron chi connectivity index (χ2n) is 12.0. The molecule has 0 radical (unpaired) electrons. The zero-order valence-electron chi connectivity index (χ0n) is 24.3. The molecule has 2 heteroatoms. The fourth-order valence-corrected chi connectivity index (χ4v) is 7.13. The van der Waals surface area contributed by atoms with Gasteiger partial charge in [0.2, 0.25) is 0 Å². The van der Waals surface area contributed by atoms with Gasteiger partial charge in [0.25, 0.3) is 0 Å². The number of benzene rings is 9. The highest BCUT2D eigenvalue weighted by molar-refractivity contribution is 6.24. The molecule has 2 nitrogen and oxygen atoms in total. The van der Waals surface area contributed by atoms with Crippen molar-refractivity contribution in [2.75, 3.05) is 0 Å². The Labute approximate surface area is 255 Å². The summed E-state index contributed by atoms with van der Waals surface area (Å²) in [6.07, 6.45) is 0. The molecule has 0 aliphatic carbocycles. The van der Waals surface area contributed by atoms with Crippen LogP contribution in [0.15, 0.2) is 133 Å². The van der Waals surface area contributed by atoms with Crippen molar-refractivity contribution in [3.05, 3.63) is 156 Å². The van der Waals surface area contributed by atoms with E-state index in [0.717, 1.165) is 0 Å². The summed E-state index contributed by atoms with van der Waals surface area (Å²) in [6, 6.07) is 48.4. The summed E-state index contributed by atoms with van der Waals surface area (Å²) < 4.78 is 12.5. The van der Waals surface area contributed by atoms with Crippen molar-refractivity contribution < 1.29 is 9.47 Å². The third-order valence-corrected chi connectivity index (χ3v) is 9.31. The van der Waals surface area contributed by atoms with Crippen LogP contribution in [0, 0.1) is 0 Å². The summed E-state index contributed by atoms with van der Waals surface area (Å²) in [7, 11) is 0. The largest absolute Gasteiger partial charge is 0.372 e. The molecule has 9 rings (SSSR count). The molecule has 0 saturated carbocycles. The Balaban J connectivity index is 0.866. The SMILES string of the molecule is c1cc2ccc3ccc(COCc4ccc(COCc5ccc6ccc7cccc8ccc5c6c78)cc4)c4ccc(c1)c2c34. The van der Waals surface area contributed by atoms with Crippen molar-refractivity contribution in [3.63, 3.8) is 0 Å². The Morgan fingerprint density at radius 2 is 0.636 bits per heavy atom. The fourth-order valence-electron chi connectivity index (χ4n) is 7.13. The smallest absolute Gasteiger partial charge is 0.0727 e. The van der Waals surface area contributed by atoms with E-state index in [1.54, 1.807) is 0 Å². The molecule has 0 N–H and O–H groups in total. The second-order valence-corrected chi connectivity index (χ2v) is 12.0. The van der Waals surface area contributed by atoms with Crippen LogP contribution >= 0.6 is 0 Å². The van der Waals surface area contributed by atoms with Crippen LogP contribution in [-0.4, -0.2) is 0 Å². The maximum atomic E-state index is 6.23. The van der Waals surface area contributed by atoms with Gasteiger partial charge in [0.1, 0.15) is 0 Å². The first kappa shape index (κ1) is 25.5. The lowest BCUT2D eigenvalue weighted by Crippen LogP contribution is -1.98. The van der Waals surface area contributed by atoms with E-state index in [4.69, 9.17) is 9.47 Å². The van der Waals surface area contributed by atoms with Crippen LogP contribution in [0.1, 0.15) is 22.3 Å². The standard InChI is InChI=1S/C42H30O2/c1-3-29-11-13-33-15-17-35(37-21-19-31(5-1)39(29)41(33)37)25-43-23-27-7-9-28(10-8-27)24-44-26-36-18-16-34-14-12-30-4-2-6-32-20-22-38(36)42(34)40(30)32/h1-22H,23-26H2. The van der Waals surface area contributed by atoms with Gasteiger partial charge in [-0.1, -0.05) is 133 Å². The monoisotopic (exact) mass is 566 g/mol. The molecule has 0 bridgehead atoms. The molecular formula is C42H30O2. The molecule has 9 aromatic rings. The predicted octanol–water partition coefficient (Wildman–Crippen LogP) is 10.9. The van der Waals surface area contributed by atoms with Gasteiger partial charge in [-0.2, -0.15) is 0 Å². The minimum Gasteiger partial charge on any atom is -0.372 e. The summed E-state index contributed by atoms with van der Waals surface area (Å²) >= 11 is 0. The molecule has 0 unspecified atom stereocenters. The van der Waals surface area contributed by atoms with Gasteiger partial charge in [-0.15, -0.1) is 0 Å². The van der Waals surface area contributed by atoms with Gasteiger partial charge in [-0.3, -0.25) is 0 Å². The van der Waals surface area contributed by atoms with Crippen molar-refractivity contribution in [1.82, 2.24) is 0 Å². The summed E-state index contributed by atoms with van der Waals surface area (Å²) in [5.41, 5.74) is 4.79. The molecule has 9 aromatic carbocycles. The third-order valence-electron chi connectivity index (χ3n) is 9.31. The molecule has 0 aliphatic heterocycles. The lowest BCUT2D eigenvalue weighted by atomic mass is 9.92. The highest BCUT2D eigenvalue weighted by Gasteiger charge is 2.12. The van der Waals surface area contributed by atoms with Gasteiger partial charge >= 0.3 is 0 Å². The van der Waals surface area contributed by atoms with Gasteiger partial charge < -0.3 is 9.47 Å². The van der Waals surface area contributed by atoms with Crippen molar-refractivity contribution in [1.29, 1.82) is 0 Å². The van der Waals surface area contributed by atoms with E-state index in [-0.39, 0.29) is 0 Å². The van der Waals surface area contributed by atoms with Crippen LogP contribution in [0.5, 0.6) is 0 Å². The molecular weight excluding hydrogens is 536 g/mol. The van der Waals surface area contributed by atoms with Crippen LogP contribution in [-0.2, 0) is 35.9 Å². The molecule has 0 saturated heterocycles. The van der Waals surface area contributed by atoms with Gasteiger partial charge in [-0.25, -0.2) is 0 Å². The van der Waals surface area contributed by atoms with Crippen LogP contribution in [0.3, 0.4) is 0 Å². The molecule has 210 valence electrons. The van der Waals surface area contributed by atoms with E-state index in [2.05, 4.69) is 133 Å². The minimum atomic E-state index is 0.575. The first-order valence-corrected chi connectivity index (χ1v) is 15.3. The highest BCUT2D eigenvalue weighted by Crippen LogP contribution is 2.37. The summed E-state index contributed by atoms with van der Waals surface area (Å²) in [4.78, 5) is 0. The average molecular weight is 567 g/mol. The molecule has 0 amide bonds. The molecule has 0 heterocycles. The topological polar surface area (TPSA) is 18.5 Å². The molecule has 0 atom stereocenters. The van der Waals surface area contributed by atoms with E-state index in [9.17, 15) is 0 Å².